The van der Waals surface area contributed by atoms with E-state index in [1.54, 1.807) is 0 Å². The number of hydrogen-bond acceptors (Lipinski definition) is 2. The Morgan fingerprint density at radius 1 is 1.32 bits per heavy atom. The normalized spacial score (nSPS) is 15.5. The van der Waals surface area contributed by atoms with Gasteiger partial charge in [0.15, 0.2) is 0 Å². The molecule has 1 saturated carbocycles. The number of hydrogen-bond donors (Lipinski definition) is 0. The highest BCUT2D eigenvalue weighted by atomic mass is 35.5. The Balaban J connectivity index is 1.99. The van der Waals surface area contributed by atoms with Crippen molar-refractivity contribution in [1.82, 2.24) is 4.98 Å². The van der Waals surface area contributed by atoms with Crippen LogP contribution in [0.15, 0.2) is 30.3 Å². The molecule has 3 rings (SSSR count). The van der Waals surface area contributed by atoms with Crippen LogP contribution in [0.5, 0.6) is 0 Å². The molecule has 100 valence electrons. The summed E-state index contributed by atoms with van der Waals surface area (Å²) in [6.07, 6.45) is 4.13. The van der Waals surface area contributed by atoms with Crippen LogP contribution in [0, 0.1) is 5.92 Å². The summed E-state index contributed by atoms with van der Waals surface area (Å²) in [6, 6.07) is 10.4. The monoisotopic (exact) mass is 274 g/mol. The van der Waals surface area contributed by atoms with E-state index in [4.69, 9.17) is 11.6 Å². The number of rotatable bonds is 4. The van der Waals surface area contributed by atoms with Gasteiger partial charge in [-0.05, 0) is 30.9 Å². The van der Waals surface area contributed by atoms with Crippen LogP contribution in [0.1, 0.15) is 25.0 Å². The summed E-state index contributed by atoms with van der Waals surface area (Å²) in [5.74, 6) is 1.33. The zero-order chi connectivity index (χ0) is 13.2. The lowest BCUT2D eigenvalue weighted by atomic mass is 9.85. The first kappa shape index (κ1) is 12.7. The van der Waals surface area contributed by atoms with E-state index < -0.39 is 0 Å². The highest BCUT2D eigenvalue weighted by molar-refractivity contribution is 6.17. The van der Waals surface area contributed by atoms with Crippen LogP contribution in [-0.4, -0.2) is 18.6 Å². The highest BCUT2D eigenvalue weighted by Crippen LogP contribution is 2.31. The number of alkyl halides is 1. The van der Waals surface area contributed by atoms with Gasteiger partial charge in [0.05, 0.1) is 17.1 Å². The second kappa shape index (κ2) is 5.38. The van der Waals surface area contributed by atoms with E-state index in [-0.39, 0.29) is 0 Å². The van der Waals surface area contributed by atoms with E-state index in [9.17, 15) is 0 Å². The minimum Gasteiger partial charge on any atom is -0.374 e. The molecule has 0 aliphatic heterocycles. The molecule has 1 heterocycles. The number of aromatic nitrogens is 1. The number of pyridine rings is 1. The third-order valence-electron chi connectivity index (χ3n) is 4.05. The average molecular weight is 275 g/mol. The molecule has 0 unspecified atom stereocenters. The predicted octanol–water partition coefficient (Wildman–Crippen LogP) is 4.21. The van der Waals surface area contributed by atoms with Gasteiger partial charge >= 0.3 is 0 Å². The van der Waals surface area contributed by atoms with E-state index in [2.05, 4.69) is 41.2 Å². The Morgan fingerprint density at radius 2 is 2.11 bits per heavy atom. The minimum absolute atomic E-state index is 0.467. The maximum Gasteiger partial charge on any atom is 0.0726 e. The summed E-state index contributed by atoms with van der Waals surface area (Å²) in [4.78, 5) is 6.96. The van der Waals surface area contributed by atoms with Gasteiger partial charge < -0.3 is 4.90 Å². The van der Waals surface area contributed by atoms with Crippen LogP contribution in [-0.2, 0) is 5.88 Å². The van der Waals surface area contributed by atoms with Gasteiger partial charge in [0.25, 0.3) is 0 Å². The topological polar surface area (TPSA) is 16.1 Å². The maximum atomic E-state index is 5.97. The quantitative estimate of drug-likeness (QED) is 0.777. The number of halogens is 1. The summed E-state index contributed by atoms with van der Waals surface area (Å²) in [7, 11) is 2.18. The van der Waals surface area contributed by atoms with E-state index >= 15 is 0 Å². The fourth-order valence-corrected chi connectivity index (χ4v) is 2.89. The van der Waals surface area contributed by atoms with Gasteiger partial charge in [-0.15, -0.1) is 11.6 Å². The number of anilines is 1. The summed E-state index contributed by atoms with van der Waals surface area (Å²) in [5.41, 5.74) is 3.25. The van der Waals surface area contributed by atoms with Crippen LogP contribution in [0.3, 0.4) is 0 Å². The van der Waals surface area contributed by atoms with E-state index in [1.165, 1.54) is 30.3 Å². The first-order valence-electron chi connectivity index (χ1n) is 6.93. The zero-order valence-corrected chi connectivity index (χ0v) is 12.0. The van der Waals surface area contributed by atoms with Crippen molar-refractivity contribution in [3.8, 4) is 0 Å². The van der Waals surface area contributed by atoms with Crippen molar-refractivity contribution >= 4 is 28.2 Å². The second-order valence-corrected chi connectivity index (χ2v) is 5.73. The second-order valence-electron chi connectivity index (χ2n) is 5.46. The Morgan fingerprint density at radius 3 is 2.79 bits per heavy atom. The molecule has 0 amide bonds. The van der Waals surface area contributed by atoms with Crippen molar-refractivity contribution in [2.24, 2.45) is 5.92 Å². The molecule has 0 atom stereocenters. The van der Waals surface area contributed by atoms with Gasteiger partial charge in [-0.1, -0.05) is 24.6 Å². The third kappa shape index (κ3) is 2.55. The third-order valence-corrected chi connectivity index (χ3v) is 4.33. The lowest BCUT2D eigenvalue weighted by Crippen LogP contribution is -2.29. The molecular weight excluding hydrogens is 256 g/mol. The molecule has 0 saturated heterocycles. The molecule has 1 aromatic heterocycles. The van der Waals surface area contributed by atoms with Crippen molar-refractivity contribution in [2.45, 2.75) is 25.1 Å². The Kier molecular flexibility index (Phi) is 3.61. The molecule has 1 aromatic carbocycles. The number of fused-ring (bicyclic) bond motifs is 1. The van der Waals surface area contributed by atoms with Crippen LogP contribution < -0.4 is 4.90 Å². The molecule has 3 heteroatoms. The van der Waals surface area contributed by atoms with Gasteiger partial charge in [-0.2, -0.15) is 0 Å². The zero-order valence-electron chi connectivity index (χ0n) is 11.3. The molecule has 0 spiro atoms. The van der Waals surface area contributed by atoms with Gasteiger partial charge in [0.1, 0.15) is 0 Å². The fourth-order valence-electron chi connectivity index (χ4n) is 2.76. The van der Waals surface area contributed by atoms with Crippen molar-refractivity contribution in [2.75, 3.05) is 18.5 Å². The van der Waals surface area contributed by atoms with Gasteiger partial charge in [-0.25, -0.2) is 0 Å². The predicted molar refractivity (Wildman–Crippen MR) is 81.9 cm³/mol. The molecule has 19 heavy (non-hydrogen) atoms. The molecule has 1 aliphatic carbocycles. The SMILES string of the molecule is CN(CC1CCC1)c1cc(CCl)nc2ccccc12. The maximum absolute atomic E-state index is 5.97. The number of benzene rings is 1. The lowest BCUT2D eigenvalue weighted by molar-refractivity contribution is 0.321. The molecule has 0 bridgehead atoms. The van der Waals surface area contributed by atoms with Crippen LogP contribution in [0.25, 0.3) is 10.9 Å². The smallest absolute Gasteiger partial charge is 0.0726 e. The fraction of sp³-hybridized carbons (Fsp3) is 0.438. The largest absolute Gasteiger partial charge is 0.374 e. The molecule has 0 N–H and O–H groups in total. The van der Waals surface area contributed by atoms with Crippen LogP contribution >= 0.6 is 11.6 Å². The average Bonchev–Trinajstić information content (AvgIpc) is 2.41. The molecule has 1 aliphatic rings. The van der Waals surface area contributed by atoms with Gasteiger partial charge in [-0.3, -0.25) is 4.98 Å². The molecule has 1 fully saturated rings. The summed E-state index contributed by atoms with van der Waals surface area (Å²) >= 11 is 5.97. The standard InChI is InChI=1S/C16H19ClN2/c1-19(11-12-5-4-6-12)16-9-13(10-17)18-15-8-3-2-7-14(15)16/h2-3,7-9,12H,4-6,10-11H2,1H3. The van der Waals surface area contributed by atoms with Crippen LogP contribution in [0.2, 0.25) is 0 Å². The van der Waals surface area contributed by atoms with E-state index in [0.717, 1.165) is 23.7 Å². The molecule has 0 radical (unpaired) electrons. The van der Waals surface area contributed by atoms with Crippen LogP contribution in [0.4, 0.5) is 5.69 Å². The molecule has 2 nitrogen and oxygen atoms in total. The van der Waals surface area contributed by atoms with E-state index in [0.29, 0.717) is 5.88 Å². The Labute approximate surface area is 119 Å². The van der Waals surface area contributed by atoms with Crippen molar-refractivity contribution in [3.63, 3.8) is 0 Å². The molecular formula is C16H19ClN2. The van der Waals surface area contributed by atoms with Crippen molar-refractivity contribution in [1.29, 1.82) is 0 Å². The van der Waals surface area contributed by atoms with E-state index in [1.807, 2.05) is 6.07 Å². The minimum atomic E-state index is 0.467. The Hall–Kier alpha value is -1.28. The lowest BCUT2D eigenvalue weighted by Gasteiger charge is -2.32. The van der Waals surface area contributed by atoms with Gasteiger partial charge in [0.2, 0.25) is 0 Å². The van der Waals surface area contributed by atoms with Crippen molar-refractivity contribution < 1.29 is 0 Å². The highest BCUT2D eigenvalue weighted by Gasteiger charge is 2.20. The molecule has 2 aromatic rings. The van der Waals surface area contributed by atoms with Gasteiger partial charge in [0, 0.05) is 24.7 Å². The first-order chi connectivity index (χ1) is 9.28. The van der Waals surface area contributed by atoms with Crippen molar-refractivity contribution in [3.05, 3.63) is 36.0 Å². The Bertz CT molecular complexity index is 578. The summed E-state index contributed by atoms with van der Waals surface area (Å²) in [6.45, 7) is 1.13. The first-order valence-corrected chi connectivity index (χ1v) is 7.47. The summed E-state index contributed by atoms with van der Waals surface area (Å²) in [5, 5.41) is 1.22. The summed E-state index contributed by atoms with van der Waals surface area (Å²) < 4.78 is 0. The number of para-hydroxylation sites is 1. The number of nitrogens with zero attached hydrogens (tertiary/aromatic N) is 2.